The van der Waals surface area contributed by atoms with Crippen molar-refractivity contribution in [3.8, 4) is 0 Å². The fourth-order valence-electron chi connectivity index (χ4n) is 1.53. The summed E-state index contributed by atoms with van der Waals surface area (Å²) in [4.78, 5) is 16.6. The zero-order valence-corrected chi connectivity index (χ0v) is 7.68. The second kappa shape index (κ2) is 2.29. The van der Waals surface area contributed by atoms with E-state index in [0.717, 1.165) is 6.42 Å². The van der Waals surface area contributed by atoms with Gasteiger partial charge in [0.15, 0.2) is 0 Å². The number of hydrogen-bond acceptors (Lipinski definition) is 2. The maximum Gasteiger partial charge on any atom is 0.346 e. The molecule has 0 radical (unpaired) electrons. The molecule has 1 fully saturated rings. The third-order valence-corrected chi connectivity index (χ3v) is 2.95. The smallest absolute Gasteiger partial charge is 0.227 e. The van der Waals surface area contributed by atoms with Crippen LogP contribution in [0.1, 0.15) is 26.7 Å². The fourth-order valence-corrected chi connectivity index (χ4v) is 1.53. The lowest BCUT2D eigenvalue weighted by atomic mass is 10.0. The average Bonchev–Trinajstić information content (AvgIpc) is 2.15. The summed E-state index contributed by atoms with van der Waals surface area (Å²) < 4.78 is 0.118. The number of carbonyl (C=O) groups is 1. The third-order valence-electron chi connectivity index (χ3n) is 2.95. The second-order valence-electron chi connectivity index (χ2n) is 3.81. The Morgan fingerprint density at radius 1 is 1.55 bits per heavy atom. The van der Waals surface area contributed by atoms with Crippen LogP contribution in [0.15, 0.2) is 0 Å². The van der Waals surface area contributed by atoms with Gasteiger partial charge in [0.25, 0.3) is 0 Å². The quantitative estimate of drug-likeness (QED) is 0.534. The molecule has 0 aromatic carbocycles. The number of hydrogen-bond donors (Lipinski definition) is 0. The van der Waals surface area contributed by atoms with E-state index in [-0.39, 0.29) is 16.1 Å². The van der Waals surface area contributed by atoms with Crippen LogP contribution in [0.4, 0.5) is 0 Å². The molecule has 1 saturated heterocycles. The highest BCUT2D eigenvalue weighted by atomic mass is 16.7. The Bertz CT molecular complexity index is 189. The Morgan fingerprint density at radius 2 is 2.09 bits per heavy atom. The van der Waals surface area contributed by atoms with Gasteiger partial charge < -0.3 is 0 Å². The molecular formula is C8H16NO2+. The van der Waals surface area contributed by atoms with Crippen LogP contribution in [0.3, 0.4) is 0 Å². The predicted molar refractivity (Wildman–Crippen MR) is 41.5 cm³/mol. The van der Waals surface area contributed by atoms with Crippen LogP contribution in [-0.2, 0) is 9.63 Å². The lowest BCUT2D eigenvalue weighted by Gasteiger charge is -2.34. The molecule has 0 bridgehead atoms. The van der Waals surface area contributed by atoms with E-state index in [1.165, 1.54) is 0 Å². The van der Waals surface area contributed by atoms with Crippen molar-refractivity contribution in [2.75, 3.05) is 14.2 Å². The van der Waals surface area contributed by atoms with Gasteiger partial charge in [0, 0.05) is 6.42 Å². The number of amides is 1. The van der Waals surface area contributed by atoms with E-state index >= 15 is 0 Å². The minimum atomic E-state index is -0.0637. The molecular weight excluding hydrogens is 142 g/mol. The molecule has 0 aliphatic carbocycles. The first kappa shape index (κ1) is 8.68. The van der Waals surface area contributed by atoms with Gasteiger partial charge in [-0.2, -0.15) is 4.84 Å². The van der Waals surface area contributed by atoms with Gasteiger partial charge in [0.1, 0.15) is 12.6 Å². The highest BCUT2D eigenvalue weighted by Gasteiger charge is 2.54. The molecule has 64 valence electrons. The van der Waals surface area contributed by atoms with Gasteiger partial charge >= 0.3 is 5.91 Å². The summed E-state index contributed by atoms with van der Waals surface area (Å²) in [5.74, 6) is 0.178. The van der Waals surface area contributed by atoms with Gasteiger partial charge in [-0.15, -0.1) is 4.65 Å². The van der Waals surface area contributed by atoms with Crippen LogP contribution in [-0.4, -0.2) is 30.2 Å². The molecule has 1 aliphatic heterocycles. The summed E-state index contributed by atoms with van der Waals surface area (Å²) in [5, 5.41) is 0. The fraction of sp³-hybridized carbons (Fsp3) is 0.875. The van der Waals surface area contributed by atoms with E-state index in [2.05, 4.69) is 13.8 Å². The number of rotatable bonds is 1. The average molecular weight is 158 g/mol. The van der Waals surface area contributed by atoms with E-state index < -0.39 is 0 Å². The molecule has 1 atom stereocenters. The molecule has 3 nitrogen and oxygen atoms in total. The normalized spacial score (nSPS) is 36.2. The summed E-state index contributed by atoms with van der Waals surface area (Å²) in [7, 11) is 3.42. The Balaban J connectivity index is 2.97. The molecule has 1 heterocycles. The molecule has 0 saturated carbocycles. The lowest BCUT2D eigenvalue weighted by Crippen LogP contribution is -2.56. The Labute approximate surface area is 67.5 Å². The Kier molecular flexibility index (Phi) is 1.81. The number of likely N-dealkylation sites (tertiary alicyclic amines) is 1. The van der Waals surface area contributed by atoms with Gasteiger partial charge in [0.05, 0.1) is 13.5 Å². The molecule has 11 heavy (non-hydrogen) atoms. The van der Waals surface area contributed by atoms with Gasteiger partial charge in [-0.05, 0) is 13.8 Å². The monoisotopic (exact) mass is 158 g/mol. The van der Waals surface area contributed by atoms with E-state index in [1.807, 2.05) is 7.05 Å². The van der Waals surface area contributed by atoms with Crippen molar-refractivity contribution in [2.24, 2.45) is 0 Å². The molecule has 0 N–H and O–H groups in total. The first-order valence-corrected chi connectivity index (χ1v) is 3.90. The Morgan fingerprint density at radius 3 is 2.27 bits per heavy atom. The number of quaternary nitrogens is 1. The van der Waals surface area contributed by atoms with Gasteiger partial charge in [0.2, 0.25) is 0 Å². The number of carbonyl (C=O) groups excluding carboxylic acids is 1. The summed E-state index contributed by atoms with van der Waals surface area (Å²) >= 11 is 0. The van der Waals surface area contributed by atoms with Crippen molar-refractivity contribution >= 4 is 5.91 Å². The molecule has 1 rings (SSSR count). The van der Waals surface area contributed by atoms with Crippen LogP contribution in [0.2, 0.25) is 0 Å². The van der Waals surface area contributed by atoms with Crippen molar-refractivity contribution in [3.05, 3.63) is 0 Å². The largest absolute Gasteiger partial charge is 0.346 e. The van der Waals surface area contributed by atoms with Crippen LogP contribution in [0.5, 0.6) is 0 Å². The van der Waals surface area contributed by atoms with Crippen LogP contribution in [0, 0.1) is 0 Å². The number of hydroxylamine groups is 3. The van der Waals surface area contributed by atoms with Gasteiger partial charge in [-0.3, -0.25) is 0 Å². The van der Waals surface area contributed by atoms with Crippen molar-refractivity contribution in [1.82, 2.24) is 0 Å². The predicted octanol–water partition coefficient (Wildman–Crippen LogP) is 1.09. The molecule has 1 unspecified atom stereocenters. The summed E-state index contributed by atoms with van der Waals surface area (Å²) in [6.07, 6.45) is 1.55. The van der Waals surface area contributed by atoms with Gasteiger partial charge in [-0.25, -0.2) is 4.79 Å². The molecule has 0 spiro atoms. The van der Waals surface area contributed by atoms with E-state index in [4.69, 9.17) is 4.84 Å². The number of nitrogens with zero attached hydrogens (tertiary/aromatic N) is 1. The highest BCUT2D eigenvalue weighted by molar-refractivity contribution is 5.70. The maximum absolute atomic E-state index is 11.4. The summed E-state index contributed by atoms with van der Waals surface area (Å²) in [6, 6.07) is 0. The van der Waals surface area contributed by atoms with Crippen LogP contribution >= 0.6 is 0 Å². The first-order valence-electron chi connectivity index (χ1n) is 3.90. The lowest BCUT2D eigenvalue weighted by molar-refractivity contribution is -1.05. The van der Waals surface area contributed by atoms with E-state index in [9.17, 15) is 4.79 Å². The van der Waals surface area contributed by atoms with E-state index in [0.29, 0.717) is 6.42 Å². The first-order chi connectivity index (χ1) is 4.94. The third kappa shape index (κ3) is 0.993. The highest BCUT2D eigenvalue weighted by Crippen LogP contribution is 2.35. The maximum atomic E-state index is 11.4. The van der Waals surface area contributed by atoms with Crippen LogP contribution in [0.25, 0.3) is 0 Å². The minimum absolute atomic E-state index is 0.0637. The zero-order chi connectivity index (χ0) is 8.70. The topological polar surface area (TPSA) is 26.3 Å². The van der Waals surface area contributed by atoms with Crippen LogP contribution < -0.4 is 0 Å². The summed E-state index contributed by atoms with van der Waals surface area (Å²) in [6.45, 7) is 4.11. The molecule has 0 aromatic rings. The molecule has 1 aliphatic rings. The second-order valence-corrected chi connectivity index (χ2v) is 3.81. The summed E-state index contributed by atoms with van der Waals surface area (Å²) in [5.41, 5.74) is -0.0637. The van der Waals surface area contributed by atoms with Gasteiger partial charge in [-0.1, -0.05) is 0 Å². The SMILES string of the molecule is CO[N+]1(C)C(=O)CCC1(C)C. The van der Waals surface area contributed by atoms with E-state index in [1.54, 1.807) is 7.11 Å². The standard InChI is InChI=1S/C8H16NO2/c1-8(2)6-5-7(10)9(8,3)11-4/h5-6H2,1-4H3/q+1. The zero-order valence-electron chi connectivity index (χ0n) is 7.68. The van der Waals surface area contributed by atoms with Crippen molar-refractivity contribution in [1.29, 1.82) is 0 Å². The molecule has 3 heteroatoms. The van der Waals surface area contributed by atoms with Crippen molar-refractivity contribution < 1.29 is 14.3 Å². The van der Waals surface area contributed by atoms with Crippen molar-refractivity contribution in [2.45, 2.75) is 32.2 Å². The minimum Gasteiger partial charge on any atom is -0.227 e. The molecule has 0 aromatic heterocycles. The molecule has 1 amide bonds. The Hall–Kier alpha value is -0.410. The van der Waals surface area contributed by atoms with Crippen molar-refractivity contribution in [3.63, 3.8) is 0 Å².